The summed E-state index contributed by atoms with van der Waals surface area (Å²) in [5, 5.41) is 75.0. The van der Waals surface area contributed by atoms with Crippen molar-refractivity contribution in [2.45, 2.75) is 189 Å². The van der Waals surface area contributed by atoms with Crippen LogP contribution in [0.15, 0.2) is 121 Å². The van der Waals surface area contributed by atoms with E-state index in [4.69, 9.17) is 17.2 Å². The van der Waals surface area contributed by atoms with Gasteiger partial charge in [-0.25, -0.2) is 4.79 Å². The SMILES string of the molecule is C[C@H](N)C(=O)NCC(=O)N[C@@H](CS)C(=O)N[C@@H](CCCCN)C(=O)NC(C)(C)C(=O)N[C@@H](Cc1ccccc1)C(=O)N[C@@H](Cc1ccccc1)C(=O)N[C@@H](Cc1c[nH]c2ccccc12)C(=O)N[C@@H](CCCCN)C(=O)N[C@H](C(=O)N[C@@H](Cc1ccccc1)C(=O)N[C@H](C(=O)N[C@@H](CO)C(=O)N[C@@H](CS)C(=O)O)[C@@H](C)O)[C@@H](C)O. The lowest BCUT2D eigenvalue weighted by Gasteiger charge is -2.31. The van der Waals surface area contributed by atoms with Crippen LogP contribution in [0.25, 0.3) is 10.9 Å². The van der Waals surface area contributed by atoms with Crippen LogP contribution in [-0.2, 0) is 92.8 Å². The van der Waals surface area contributed by atoms with Crippen LogP contribution in [0.4, 0.5) is 0 Å². The third kappa shape index (κ3) is 30.5. The second-order valence-corrected chi connectivity index (χ2v) is 28.5. The summed E-state index contributed by atoms with van der Waals surface area (Å²) in [4.78, 5) is 198. The molecule has 616 valence electrons. The Hall–Kier alpha value is -10.5. The van der Waals surface area contributed by atoms with E-state index < -0.39 is 186 Å². The molecule has 24 N–H and O–H groups in total. The number of amides is 13. The molecule has 0 saturated heterocycles. The highest BCUT2D eigenvalue weighted by atomic mass is 32.1. The molecule has 0 aliphatic rings. The van der Waals surface area contributed by atoms with Crippen molar-refractivity contribution in [2.24, 2.45) is 17.2 Å². The van der Waals surface area contributed by atoms with E-state index in [0.717, 1.165) is 13.8 Å². The first-order chi connectivity index (χ1) is 53.7. The maximum Gasteiger partial charge on any atom is 0.327 e. The topological polar surface area (TPSA) is 570 Å². The van der Waals surface area contributed by atoms with Gasteiger partial charge < -0.3 is 112 Å². The van der Waals surface area contributed by atoms with Crippen LogP contribution < -0.4 is 86.3 Å². The number of H-pyrrole nitrogens is 1. The minimum Gasteiger partial charge on any atom is -0.480 e. The maximum atomic E-state index is 15.3. The number of fused-ring (bicyclic) bond motifs is 1. The summed E-state index contributed by atoms with van der Waals surface area (Å²) in [7, 11) is 0. The molecular formula is C76H107N17O18S2. The number of aromatic amines is 1. The van der Waals surface area contributed by atoms with Crippen LogP contribution in [0.5, 0.6) is 0 Å². The summed E-state index contributed by atoms with van der Waals surface area (Å²) < 4.78 is 0. The molecule has 35 nitrogen and oxygen atoms in total. The fraction of sp³-hybridized carbons (Fsp3) is 0.474. The summed E-state index contributed by atoms with van der Waals surface area (Å²) in [5.41, 5.74) is 18.1. The van der Waals surface area contributed by atoms with Crippen LogP contribution in [0.1, 0.15) is 95.4 Å². The molecular weight excluding hydrogens is 1500 g/mol. The summed E-state index contributed by atoms with van der Waals surface area (Å²) in [6, 6.07) is 13.8. The molecule has 5 rings (SSSR count). The standard InChI is InChI=1S/C76H107N17O18S2/c1-42(79)63(98)81-38-60(97)82-58(40-112)70(105)84-52(30-18-20-32-78)71(106)93-76(4,5)75(111)90-55(35-47-25-13-8-14-26-47)66(101)85-53(33-45-21-9-6-10-22-45)65(100)86-56(36-48-37-80-50-28-16-15-27-49(48)50)67(102)83-51(29-17-19-31-77)64(99)91-61(43(2)95)72(107)87-54(34-46-23-11-7-12-24-46)68(103)92-62(44(3)96)73(108)88-57(39-94)69(104)89-59(41-113)74(109)110/h6-16,21-28,37,42-44,51-59,61-62,80,94-96,112-113H,17-20,29-36,38-41,77-79H2,1-5H3,(H,81,98)(H,82,97)(H,83,102)(H,84,105)(H,85,101)(H,86,100)(H,87,107)(H,88,108)(H,89,104)(H,90,111)(H,91,99)(H,92,103)(H,93,106)(H,109,110)/t42-,43+,44+,51-,52-,53-,54-,55-,56-,57-,58-,59-,61-,62-/m0/s1. The third-order valence-electron chi connectivity index (χ3n) is 18.0. The van der Waals surface area contributed by atoms with E-state index in [1.165, 1.54) is 20.8 Å². The number of benzene rings is 4. The van der Waals surface area contributed by atoms with Gasteiger partial charge in [0.15, 0.2) is 0 Å². The second kappa shape index (κ2) is 47.1. The normalized spacial score (nSPS) is 15.0. The number of nitrogens with one attached hydrogen (secondary N) is 14. The van der Waals surface area contributed by atoms with Crippen LogP contribution in [0, 0.1) is 0 Å². The summed E-state index contributed by atoms with van der Waals surface area (Å²) >= 11 is 8.12. The number of nitrogens with two attached hydrogens (primary N) is 3. The number of carbonyl (C=O) groups is 14. The van der Waals surface area contributed by atoms with Crippen molar-refractivity contribution in [2.75, 3.05) is 37.7 Å². The Morgan fingerprint density at radius 3 is 1.24 bits per heavy atom. The highest BCUT2D eigenvalue weighted by Gasteiger charge is 2.40. The predicted molar refractivity (Wildman–Crippen MR) is 424 cm³/mol. The number of carboxylic acid groups (broad SMARTS) is 1. The average molecular weight is 1610 g/mol. The molecule has 0 aliphatic heterocycles. The quantitative estimate of drug-likeness (QED) is 0.0131. The molecule has 37 heteroatoms. The van der Waals surface area contributed by atoms with Gasteiger partial charge in [-0.05, 0) is 115 Å². The minimum absolute atomic E-state index is 0.0268. The van der Waals surface area contributed by atoms with E-state index in [-0.39, 0.29) is 69.5 Å². The lowest BCUT2D eigenvalue weighted by molar-refractivity contribution is -0.142. The van der Waals surface area contributed by atoms with Gasteiger partial charge in [-0.3, -0.25) is 62.3 Å². The van der Waals surface area contributed by atoms with E-state index in [2.05, 4.69) is 99.4 Å². The predicted octanol–water partition coefficient (Wildman–Crippen LogP) is -3.91. The Bertz CT molecular complexity index is 4010. The first kappa shape index (κ1) is 93.1. The van der Waals surface area contributed by atoms with Crippen molar-refractivity contribution in [1.82, 2.24) is 74.1 Å². The molecule has 0 fully saturated rings. The summed E-state index contributed by atoms with van der Waals surface area (Å²) in [6.07, 6.45) is -1.56. The van der Waals surface area contributed by atoms with Gasteiger partial charge in [-0.1, -0.05) is 109 Å². The Labute approximate surface area is 665 Å². The van der Waals surface area contributed by atoms with Crippen molar-refractivity contribution < 1.29 is 87.5 Å². The number of para-hydroxylation sites is 1. The molecule has 0 bridgehead atoms. The third-order valence-corrected chi connectivity index (χ3v) is 18.8. The Morgan fingerprint density at radius 2 is 0.805 bits per heavy atom. The van der Waals surface area contributed by atoms with Crippen LogP contribution in [0.3, 0.4) is 0 Å². The number of aromatic nitrogens is 1. The molecule has 4 aromatic carbocycles. The maximum absolute atomic E-state index is 15.3. The minimum atomic E-state index is -1.89. The molecule has 0 aliphatic carbocycles. The van der Waals surface area contributed by atoms with E-state index in [9.17, 15) is 73.2 Å². The van der Waals surface area contributed by atoms with E-state index in [1.54, 1.807) is 121 Å². The zero-order chi connectivity index (χ0) is 83.5. The van der Waals surface area contributed by atoms with E-state index >= 15 is 14.4 Å². The zero-order valence-corrected chi connectivity index (χ0v) is 65.4. The van der Waals surface area contributed by atoms with Gasteiger partial charge in [0.05, 0.1) is 31.4 Å². The number of carboxylic acids is 1. The fourth-order valence-electron chi connectivity index (χ4n) is 11.6. The fourth-order valence-corrected chi connectivity index (χ4v) is 12.1. The van der Waals surface area contributed by atoms with Gasteiger partial charge >= 0.3 is 5.97 Å². The van der Waals surface area contributed by atoms with Crippen LogP contribution >= 0.6 is 25.3 Å². The Morgan fingerprint density at radius 1 is 0.434 bits per heavy atom. The lowest BCUT2D eigenvalue weighted by Crippen LogP contribution is -2.64. The largest absolute Gasteiger partial charge is 0.480 e. The Kier molecular flexibility index (Phi) is 38.8. The van der Waals surface area contributed by atoms with Crippen molar-refractivity contribution in [3.63, 3.8) is 0 Å². The van der Waals surface area contributed by atoms with E-state index in [0.29, 0.717) is 52.4 Å². The average Bonchev–Trinajstić information content (AvgIpc) is 1.81. The number of carbonyl (C=O) groups excluding carboxylic acids is 13. The molecule has 0 radical (unpaired) electrons. The molecule has 1 heterocycles. The number of unbranched alkanes of at least 4 members (excludes halogenated alkanes) is 2. The Balaban J connectivity index is 1.45. The smallest absolute Gasteiger partial charge is 0.327 e. The van der Waals surface area contributed by atoms with Gasteiger partial charge in [0.2, 0.25) is 76.8 Å². The molecule has 1 aromatic heterocycles. The summed E-state index contributed by atoms with van der Waals surface area (Å²) in [5.74, 6) is -14.4. The first-order valence-corrected chi connectivity index (χ1v) is 38.2. The molecule has 13 amide bonds. The molecule has 113 heavy (non-hydrogen) atoms. The van der Waals surface area contributed by atoms with Crippen molar-refractivity contribution in [1.29, 1.82) is 0 Å². The molecule has 14 atom stereocenters. The van der Waals surface area contributed by atoms with Crippen LogP contribution in [0.2, 0.25) is 0 Å². The molecule has 0 unspecified atom stereocenters. The van der Waals surface area contributed by atoms with Gasteiger partial charge in [0, 0.05) is 54.3 Å². The molecule has 5 aromatic rings. The van der Waals surface area contributed by atoms with Crippen molar-refractivity contribution in [3.8, 4) is 0 Å². The zero-order valence-electron chi connectivity index (χ0n) is 63.6. The van der Waals surface area contributed by atoms with Crippen molar-refractivity contribution in [3.05, 3.63) is 144 Å². The van der Waals surface area contributed by atoms with Gasteiger partial charge in [0.25, 0.3) is 0 Å². The molecule has 0 saturated carbocycles. The van der Waals surface area contributed by atoms with E-state index in [1.807, 2.05) is 0 Å². The highest BCUT2D eigenvalue weighted by Crippen LogP contribution is 2.21. The highest BCUT2D eigenvalue weighted by molar-refractivity contribution is 7.80. The van der Waals surface area contributed by atoms with Gasteiger partial charge in [-0.15, -0.1) is 0 Å². The van der Waals surface area contributed by atoms with Gasteiger partial charge in [0.1, 0.15) is 72.0 Å². The number of thiol groups is 2. The monoisotopic (exact) mass is 1610 g/mol. The summed E-state index contributed by atoms with van der Waals surface area (Å²) in [6.45, 7) is 5.22. The second-order valence-electron chi connectivity index (χ2n) is 27.7. The first-order valence-electron chi connectivity index (χ1n) is 36.9. The number of aliphatic hydroxyl groups is 3. The number of aliphatic carboxylic acids is 1. The molecule has 0 spiro atoms. The van der Waals surface area contributed by atoms with Crippen LogP contribution in [-0.4, -0.2) is 236 Å². The lowest BCUT2D eigenvalue weighted by atomic mass is 9.98. The number of hydrogen-bond donors (Lipinski definition) is 23. The number of rotatable bonds is 48. The number of aliphatic hydroxyl groups excluding tert-OH is 3. The number of hydrogen-bond acceptors (Lipinski definition) is 22. The van der Waals surface area contributed by atoms with Gasteiger partial charge in [-0.2, -0.15) is 25.3 Å². The van der Waals surface area contributed by atoms with Crippen molar-refractivity contribution >= 4 is 119 Å².